The molecule has 7 heteroatoms. The molecule has 1 saturated carbocycles. The number of fused-ring (bicyclic) bond motifs is 3. The van der Waals surface area contributed by atoms with Crippen LogP contribution in [0.25, 0.3) is 10.2 Å². The van der Waals surface area contributed by atoms with Gasteiger partial charge in [0, 0.05) is 4.88 Å². The maximum Gasteiger partial charge on any atom is 0.326 e. The average Bonchev–Trinajstić information content (AvgIpc) is 3.04. The Labute approximate surface area is 175 Å². The second kappa shape index (κ2) is 8.56. The minimum Gasteiger partial charge on any atom is -0.461 e. The number of thiophene rings is 1. The Kier molecular flexibility index (Phi) is 6.06. The van der Waals surface area contributed by atoms with E-state index < -0.39 is 0 Å². The van der Waals surface area contributed by atoms with Crippen molar-refractivity contribution in [2.24, 2.45) is 5.92 Å². The monoisotopic (exact) mass is 417 g/mol. The molecule has 1 fully saturated rings. The Hall–Kier alpha value is -1.73. The number of carbonyl (C=O) groups excluding carboxylic acids is 1. The van der Waals surface area contributed by atoms with Gasteiger partial charge in [-0.2, -0.15) is 0 Å². The number of carbonyl (C=O) groups is 1. The molecule has 0 radical (unpaired) electrons. The lowest BCUT2D eigenvalue weighted by Gasteiger charge is -2.26. The van der Waals surface area contributed by atoms with Crippen molar-refractivity contribution >= 4 is 27.5 Å². The Morgan fingerprint density at radius 3 is 2.66 bits per heavy atom. The van der Waals surface area contributed by atoms with Gasteiger partial charge < -0.3 is 9.64 Å². The lowest BCUT2D eigenvalue weighted by Crippen LogP contribution is -2.33. The number of ether oxygens (including phenoxy) is 1. The average molecular weight is 418 g/mol. The molecule has 2 aliphatic rings. The molecule has 0 aromatic carbocycles. The van der Waals surface area contributed by atoms with Gasteiger partial charge in [0.05, 0.1) is 11.9 Å². The van der Waals surface area contributed by atoms with Gasteiger partial charge in [0.1, 0.15) is 23.3 Å². The zero-order valence-corrected chi connectivity index (χ0v) is 18.5. The van der Waals surface area contributed by atoms with Gasteiger partial charge in [-0.3, -0.25) is 14.2 Å². The van der Waals surface area contributed by atoms with Crippen LogP contribution in [0.2, 0.25) is 0 Å². The van der Waals surface area contributed by atoms with E-state index in [1.165, 1.54) is 11.3 Å². The van der Waals surface area contributed by atoms with Crippen LogP contribution in [0.1, 0.15) is 61.7 Å². The molecule has 6 nitrogen and oxygen atoms in total. The van der Waals surface area contributed by atoms with Crippen molar-refractivity contribution < 1.29 is 9.53 Å². The molecule has 2 aromatic rings. The van der Waals surface area contributed by atoms with Crippen molar-refractivity contribution in [3.8, 4) is 0 Å². The molecule has 0 atom stereocenters. The van der Waals surface area contributed by atoms with Gasteiger partial charge in [-0.15, -0.1) is 11.3 Å². The summed E-state index contributed by atoms with van der Waals surface area (Å²) in [5.41, 5.74) is 1.08. The standard InChI is InChI=1S/C22H31N3O3S/c1-14-8-10-15(11-9-14)28-19(26)13-25-18(12-24(2)3)23-21-20(22(25)27)16-6-4-5-7-17(16)29-21/h14-15H,4-13H2,1-3H3. The molecule has 158 valence electrons. The number of aromatic nitrogens is 2. The molecule has 2 heterocycles. The van der Waals surface area contributed by atoms with E-state index in [4.69, 9.17) is 9.72 Å². The maximum absolute atomic E-state index is 13.4. The lowest BCUT2D eigenvalue weighted by molar-refractivity contribution is -0.151. The van der Waals surface area contributed by atoms with Crippen LogP contribution in [0.15, 0.2) is 4.79 Å². The van der Waals surface area contributed by atoms with Crippen molar-refractivity contribution in [3.63, 3.8) is 0 Å². The van der Waals surface area contributed by atoms with Gasteiger partial charge in [-0.05, 0) is 76.9 Å². The van der Waals surface area contributed by atoms with Gasteiger partial charge in [0.2, 0.25) is 0 Å². The first kappa shape index (κ1) is 20.5. The Morgan fingerprint density at radius 1 is 1.21 bits per heavy atom. The second-order valence-corrected chi connectivity index (χ2v) is 10.0. The number of hydrogen-bond acceptors (Lipinski definition) is 6. The third kappa shape index (κ3) is 4.40. The molecule has 2 aliphatic carbocycles. The highest BCUT2D eigenvalue weighted by atomic mass is 32.1. The van der Waals surface area contributed by atoms with Crippen LogP contribution in [-0.2, 0) is 35.5 Å². The minimum absolute atomic E-state index is 0.0164. The van der Waals surface area contributed by atoms with E-state index >= 15 is 0 Å². The van der Waals surface area contributed by atoms with Gasteiger partial charge in [0.15, 0.2) is 0 Å². The highest BCUT2D eigenvalue weighted by Crippen LogP contribution is 2.34. The summed E-state index contributed by atoms with van der Waals surface area (Å²) >= 11 is 1.65. The van der Waals surface area contributed by atoms with Crippen LogP contribution in [0.3, 0.4) is 0 Å². The SMILES string of the molecule is CC1CCC(OC(=O)Cn2c(CN(C)C)nc3sc4c(c3c2=O)CCCC4)CC1. The molecule has 29 heavy (non-hydrogen) atoms. The largest absolute Gasteiger partial charge is 0.461 e. The number of hydrogen-bond donors (Lipinski definition) is 0. The van der Waals surface area contributed by atoms with E-state index in [0.717, 1.165) is 60.7 Å². The van der Waals surface area contributed by atoms with Crippen LogP contribution in [-0.4, -0.2) is 40.6 Å². The van der Waals surface area contributed by atoms with Crippen LogP contribution >= 0.6 is 11.3 Å². The minimum atomic E-state index is -0.322. The van der Waals surface area contributed by atoms with E-state index in [1.54, 1.807) is 15.9 Å². The van der Waals surface area contributed by atoms with Crippen LogP contribution < -0.4 is 5.56 Å². The van der Waals surface area contributed by atoms with E-state index in [-0.39, 0.29) is 24.2 Å². The smallest absolute Gasteiger partial charge is 0.326 e. The number of aryl methyl sites for hydroxylation is 2. The summed E-state index contributed by atoms with van der Waals surface area (Å²) in [6.07, 6.45) is 8.26. The van der Waals surface area contributed by atoms with Crippen molar-refractivity contribution in [2.75, 3.05) is 14.1 Å². The predicted molar refractivity (Wildman–Crippen MR) is 115 cm³/mol. The lowest BCUT2D eigenvalue weighted by atomic mass is 9.89. The third-order valence-corrected chi connectivity index (χ3v) is 7.35. The molecular formula is C22H31N3O3S. The molecule has 0 bridgehead atoms. The molecule has 0 unspecified atom stereocenters. The van der Waals surface area contributed by atoms with Crippen LogP contribution in [0, 0.1) is 5.92 Å². The highest BCUT2D eigenvalue weighted by molar-refractivity contribution is 7.18. The van der Waals surface area contributed by atoms with Gasteiger partial charge in [-0.1, -0.05) is 6.92 Å². The summed E-state index contributed by atoms with van der Waals surface area (Å²) in [4.78, 5) is 35.1. The first-order valence-corrected chi connectivity index (χ1v) is 11.6. The molecule has 0 spiro atoms. The fraction of sp³-hybridized carbons (Fsp3) is 0.682. The summed E-state index contributed by atoms with van der Waals surface area (Å²) in [6, 6.07) is 0. The second-order valence-electron chi connectivity index (χ2n) is 8.92. The van der Waals surface area contributed by atoms with Gasteiger partial charge in [-0.25, -0.2) is 4.98 Å². The van der Waals surface area contributed by atoms with E-state index in [9.17, 15) is 9.59 Å². The summed E-state index contributed by atoms with van der Waals surface area (Å²) < 4.78 is 7.28. The molecular weight excluding hydrogens is 386 g/mol. The fourth-order valence-electron chi connectivity index (χ4n) is 4.55. The van der Waals surface area contributed by atoms with Crippen molar-refractivity contribution in [3.05, 3.63) is 26.6 Å². The highest BCUT2D eigenvalue weighted by Gasteiger charge is 2.25. The van der Waals surface area contributed by atoms with Crippen LogP contribution in [0.4, 0.5) is 0 Å². The Balaban J connectivity index is 1.65. The fourth-order valence-corrected chi connectivity index (χ4v) is 5.82. The van der Waals surface area contributed by atoms with Crippen molar-refractivity contribution in [1.29, 1.82) is 0 Å². The van der Waals surface area contributed by atoms with E-state index in [2.05, 4.69) is 6.92 Å². The summed E-state index contributed by atoms with van der Waals surface area (Å²) in [7, 11) is 3.89. The summed E-state index contributed by atoms with van der Waals surface area (Å²) in [5, 5.41) is 0.728. The molecule has 0 aliphatic heterocycles. The summed E-state index contributed by atoms with van der Waals surface area (Å²) in [5.74, 6) is 1.02. The van der Waals surface area contributed by atoms with Crippen LogP contribution in [0.5, 0.6) is 0 Å². The van der Waals surface area contributed by atoms with Gasteiger partial charge in [0.25, 0.3) is 5.56 Å². The topological polar surface area (TPSA) is 64.4 Å². The molecule has 0 saturated heterocycles. The van der Waals surface area contributed by atoms with Crippen molar-refractivity contribution in [2.45, 2.75) is 77.5 Å². The summed E-state index contributed by atoms with van der Waals surface area (Å²) in [6.45, 7) is 2.71. The Bertz CT molecular complexity index is 954. The molecule has 4 rings (SSSR count). The zero-order chi connectivity index (χ0) is 20.5. The van der Waals surface area contributed by atoms with Crippen molar-refractivity contribution in [1.82, 2.24) is 14.5 Å². The number of nitrogens with zero attached hydrogens (tertiary/aromatic N) is 3. The normalized spacial score (nSPS) is 22.1. The zero-order valence-electron chi connectivity index (χ0n) is 17.7. The molecule has 2 aromatic heterocycles. The quantitative estimate of drug-likeness (QED) is 0.697. The Morgan fingerprint density at radius 2 is 1.93 bits per heavy atom. The number of esters is 1. The third-order valence-electron chi connectivity index (χ3n) is 6.16. The number of rotatable bonds is 5. The van der Waals surface area contributed by atoms with Gasteiger partial charge >= 0.3 is 5.97 Å². The molecule has 0 amide bonds. The van der Waals surface area contributed by atoms with E-state index in [0.29, 0.717) is 18.3 Å². The van der Waals surface area contributed by atoms with E-state index in [1.807, 2.05) is 19.0 Å². The maximum atomic E-state index is 13.4. The first-order chi connectivity index (χ1) is 13.9. The molecule has 0 N–H and O–H groups in total. The predicted octanol–water partition coefficient (Wildman–Crippen LogP) is 3.52. The first-order valence-electron chi connectivity index (χ1n) is 10.8.